The van der Waals surface area contributed by atoms with Gasteiger partial charge in [-0.15, -0.1) is 11.3 Å². The van der Waals surface area contributed by atoms with Crippen LogP contribution in [0.1, 0.15) is 41.0 Å². The first-order valence-electron chi connectivity index (χ1n) is 13.4. The number of thiophene rings is 1. The highest BCUT2D eigenvalue weighted by molar-refractivity contribution is 7.89. The predicted molar refractivity (Wildman–Crippen MR) is 157 cm³/mol. The predicted octanol–water partition coefficient (Wildman–Crippen LogP) is 5.80. The van der Waals surface area contributed by atoms with Crippen LogP contribution in [0.2, 0.25) is 0 Å². The van der Waals surface area contributed by atoms with E-state index in [1.165, 1.54) is 9.18 Å². The maximum absolute atomic E-state index is 14.1. The molecule has 39 heavy (non-hydrogen) atoms. The lowest BCUT2D eigenvalue weighted by Gasteiger charge is -2.38. The van der Waals surface area contributed by atoms with Gasteiger partial charge in [-0.2, -0.15) is 4.31 Å². The van der Waals surface area contributed by atoms with E-state index in [1.54, 1.807) is 23.5 Å². The van der Waals surface area contributed by atoms with Crippen LogP contribution in [0.15, 0.2) is 83.1 Å². The zero-order chi connectivity index (χ0) is 27.4. The molecule has 2 heterocycles. The fraction of sp³-hybridized carbons (Fsp3) is 0.323. The normalized spacial score (nSPS) is 15.6. The van der Waals surface area contributed by atoms with Crippen molar-refractivity contribution in [3.8, 4) is 0 Å². The van der Waals surface area contributed by atoms with E-state index in [1.807, 2.05) is 54.3 Å². The highest BCUT2D eigenvalue weighted by Gasteiger charge is 2.36. The van der Waals surface area contributed by atoms with Crippen molar-refractivity contribution < 1.29 is 17.9 Å². The number of fused-ring (bicyclic) bond motifs is 2. The van der Waals surface area contributed by atoms with E-state index in [2.05, 4.69) is 30.5 Å². The molecule has 0 saturated carbocycles. The van der Waals surface area contributed by atoms with Gasteiger partial charge in [-0.1, -0.05) is 60.7 Å². The van der Waals surface area contributed by atoms with Gasteiger partial charge in [0.25, 0.3) is 0 Å². The molecule has 0 spiro atoms. The topological polar surface area (TPSA) is 66.9 Å². The molecule has 0 fully saturated rings. The highest BCUT2D eigenvalue weighted by atomic mass is 32.2. The van der Waals surface area contributed by atoms with Crippen molar-refractivity contribution in [3.05, 3.63) is 99.7 Å². The molecule has 1 amide bonds. The fourth-order valence-electron chi connectivity index (χ4n) is 5.39. The number of carbonyl (C=O) groups excluding carboxylic acids is 1. The molecular formula is C31H34N2O4S2. The number of ether oxygens (including phenoxy) is 1. The third-order valence-electron chi connectivity index (χ3n) is 7.35. The van der Waals surface area contributed by atoms with E-state index >= 15 is 0 Å². The molecule has 5 rings (SSSR count). The minimum absolute atomic E-state index is 0.194. The molecule has 0 radical (unpaired) electrons. The smallest absolute Gasteiger partial charge is 0.244 e. The number of hydrogen-bond acceptors (Lipinski definition) is 5. The molecule has 6 nitrogen and oxygen atoms in total. The summed E-state index contributed by atoms with van der Waals surface area (Å²) in [7, 11) is -3.96. The zero-order valence-corrected chi connectivity index (χ0v) is 24.0. The van der Waals surface area contributed by atoms with Crippen LogP contribution in [0.4, 0.5) is 0 Å². The Morgan fingerprint density at radius 2 is 1.79 bits per heavy atom. The van der Waals surface area contributed by atoms with Crippen LogP contribution in [0, 0.1) is 6.92 Å². The van der Waals surface area contributed by atoms with Crippen LogP contribution in [-0.4, -0.2) is 56.4 Å². The van der Waals surface area contributed by atoms with E-state index in [9.17, 15) is 13.2 Å². The van der Waals surface area contributed by atoms with Crippen molar-refractivity contribution in [1.82, 2.24) is 9.21 Å². The second-order valence-corrected chi connectivity index (χ2v) is 12.7. The number of sulfonamides is 1. The van der Waals surface area contributed by atoms with Crippen molar-refractivity contribution in [1.29, 1.82) is 0 Å². The van der Waals surface area contributed by atoms with Crippen LogP contribution < -0.4 is 0 Å². The standard InChI is InChI=1S/C31H34N2O4S2/c1-3-37-20-9-18-32(39(35,36)29-15-8-12-24-11-5-7-14-26(24)29)22-30(34)33-19-16-28-27(17-21-38-28)31(33)25-13-6-4-10-23(25)2/h4-8,10-15,17,21,31H,3,9,16,18-20,22H2,1-2H3. The van der Waals surface area contributed by atoms with Gasteiger partial charge in [0, 0.05) is 36.6 Å². The molecule has 1 aliphatic heterocycles. The summed E-state index contributed by atoms with van der Waals surface area (Å²) in [5.74, 6) is -0.194. The summed E-state index contributed by atoms with van der Waals surface area (Å²) in [4.78, 5) is 17.4. The molecule has 0 N–H and O–H groups in total. The molecule has 1 aliphatic rings. The lowest BCUT2D eigenvalue weighted by Crippen LogP contribution is -2.47. The molecule has 4 aromatic rings. The average molecular weight is 563 g/mol. The summed E-state index contributed by atoms with van der Waals surface area (Å²) < 4.78 is 35.1. The molecule has 0 bridgehead atoms. The minimum atomic E-state index is -3.96. The van der Waals surface area contributed by atoms with Gasteiger partial charge < -0.3 is 9.64 Å². The van der Waals surface area contributed by atoms with E-state index in [4.69, 9.17) is 4.74 Å². The van der Waals surface area contributed by atoms with Crippen molar-refractivity contribution >= 4 is 38.0 Å². The molecule has 0 saturated heterocycles. The van der Waals surface area contributed by atoms with Crippen molar-refractivity contribution in [2.24, 2.45) is 0 Å². The van der Waals surface area contributed by atoms with E-state index in [0.717, 1.165) is 28.5 Å². The molecule has 8 heteroatoms. The third kappa shape index (κ3) is 5.65. The molecule has 1 atom stereocenters. The first-order chi connectivity index (χ1) is 18.9. The quantitative estimate of drug-likeness (QED) is 0.229. The SMILES string of the molecule is CCOCCCN(CC(=O)N1CCc2sccc2C1c1ccccc1C)S(=O)(=O)c1cccc2ccccc12. The second kappa shape index (κ2) is 12.0. The van der Waals surface area contributed by atoms with Crippen molar-refractivity contribution in [2.75, 3.05) is 32.8 Å². The summed E-state index contributed by atoms with van der Waals surface area (Å²) in [5, 5.41) is 3.58. The minimum Gasteiger partial charge on any atom is -0.382 e. The first-order valence-corrected chi connectivity index (χ1v) is 15.7. The number of amides is 1. The number of hydrogen-bond donors (Lipinski definition) is 0. The maximum Gasteiger partial charge on any atom is 0.244 e. The van der Waals surface area contributed by atoms with Crippen LogP contribution in [-0.2, 0) is 26.0 Å². The fourth-order valence-corrected chi connectivity index (χ4v) is 7.93. The van der Waals surface area contributed by atoms with Gasteiger partial charge in [0.2, 0.25) is 15.9 Å². The van der Waals surface area contributed by atoms with E-state index < -0.39 is 10.0 Å². The molecule has 1 aromatic heterocycles. The summed E-state index contributed by atoms with van der Waals surface area (Å²) in [6, 6.07) is 22.7. The highest BCUT2D eigenvalue weighted by Crippen LogP contribution is 2.39. The molecule has 204 valence electrons. The first kappa shape index (κ1) is 27.5. The van der Waals surface area contributed by atoms with Gasteiger partial charge in [0.15, 0.2) is 0 Å². The number of benzene rings is 3. The summed E-state index contributed by atoms with van der Waals surface area (Å²) >= 11 is 1.72. The van der Waals surface area contributed by atoms with Crippen LogP contribution in [0.5, 0.6) is 0 Å². The van der Waals surface area contributed by atoms with Crippen LogP contribution >= 0.6 is 11.3 Å². The Morgan fingerprint density at radius 1 is 1.03 bits per heavy atom. The Kier molecular flexibility index (Phi) is 8.47. The number of aryl methyl sites for hydroxylation is 1. The Hall–Kier alpha value is -3.04. The van der Waals surface area contributed by atoms with Crippen LogP contribution in [0.3, 0.4) is 0 Å². The number of rotatable bonds is 10. The lowest BCUT2D eigenvalue weighted by molar-refractivity contribution is -0.133. The lowest BCUT2D eigenvalue weighted by atomic mass is 9.90. The Bertz CT molecular complexity index is 1560. The molecular weight excluding hydrogens is 528 g/mol. The molecule has 1 unspecified atom stereocenters. The van der Waals surface area contributed by atoms with Gasteiger partial charge in [0.05, 0.1) is 17.5 Å². The number of carbonyl (C=O) groups is 1. The van der Waals surface area contributed by atoms with Gasteiger partial charge >= 0.3 is 0 Å². The van der Waals surface area contributed by atoms with Gasteiger partial charge in [0.1, 0.15) is 0 Å². The third-order valence-corrected chi connectivity index (χ3v) is 10.2. The largest absolute Gasteiger partial charge is 0.382 e. The van der Waals surface area contributed by atoms with Gasteiger partial charge in [-0.05, 0) is 66.3 Å². The Balaban J connectivity index is 1.49. The maximum atomic E-state index is 14.1. The zero-order valence-electron chi connectivity index (χ0n) is 22.4. The average Bonchev–Trinajstić information content (AvgIpc) is 3.43. The summed E-state index contributed by atoms with van der Waals surface area (Å²) in [6.07, 6.45) is 1.27. The molecule has 0 aliphatic carbocycles. The van der Waals surface area contributed by atoms with E-state index in [-0.39, 0.29) is 29.9 Å². The van der Waals surface area contributed by atoms with Gasteiger partial charge in [-0.3, -0.25) is 4.79 Å². The number of nitrogens with zero attached hydrogens (tertiary/aromatic N) is 2. The molecule has 3 aromatic carbocycles. The Labute approximate surface area is 234 Å². The van der Waals surface area contributed by atoms with Gasteiger partial charge in [-0.25, -0.2) is 8.42 Å². The van der Waals surface area contributed by atoms with E-state index in [0.29, 0.717) is 31.6 Å². The van der Waals surface area contributed by atoms with Crippen molar-refractivity contribution in [3.63, 3.8) is 0 Å². The summed E-state index contributed by atoms with van der Waals surface area (Å²) in [6.45, 7) is 5.48. The van der Waals surface area contributed by atoms with Crippen LogP contribution in [0.25, 0.3) is 10.8 Å². The Morgan fingerprint density at radius 3 is 2.62 bits per heavy atom. The second-order valence-electron chi connectivity index (χ2n) is 9.76. The summed E-state index contributed by atoms with van der Waals surface area (Å²) in [5.41, 5.74) is 3.31. The van der Waals surface area contributed by atoms with Crippen molar-refractivity contribution in [2.45, 2.75) is 37.6 Å². The monoisotopic (exact) mass is 562 g/mol.